The number of carbonyl (C=O) groups is 1. The maximum atomic E-state index is 13.2. The molecule has 1 amide bonds. The van der Waals surface area contributed by atoms with Crippen molar-refractivity contribution in [2.75, 3.05) is 5.32 Å². The third kappa shape index (κ3) is 4.52. The van der Waals surface area contributed by atoms with Gasteiger partial charge in [-0.3, -0.25) is 4.79 Å². The number of nitrogens with zero attached hydrogens (tertiary/aromatic N) is 3. The van der Waals surface area contributed by atoms with Crippen LogP contribution in [0.15, 0.2) is 64.7 Å². The number of hydrogen-bond acceptors (Lipinski definition) is 5. The lowest BCUT2D eigenvalue weighted by Gasteiger charge is -2.22. The fraction of sp³-hybridized carbons (Fsp3) is 0.269. The molecule has 2 aliphatic rings. The average molecular weight is 519 g/mol. The zero-order chi connectivity index (χ0) is 22.4. The molecule has 6 rings (SSSR count). The van der Waals surface area contributed by atoms with Crippen LogP contribution in [0.5, 0.6) is 0 Å². The molecule has 0 saturated heterocycles. The number of anilines is 1. The van der Waals surface area contributed by atoms with E-state index in [-0.39, 0.29) is 5.91 Å². The summed E-state index contributed by atoms with van der Waals surface area (Å²) in [7, 11) is 0. The van der Waals surface area contributed by atoms with E-state index in [1.54, 1.807) is 6.33 Å². The molecule has 0 radical (unpaired) electrons. The molecule has 2 fully saturated rings. The summed E-state index contributed by atoms with van der Waals surface area (Å²) in [4.78, 5) is 24.9. The fourth-order valence-corrected chi connectivity index (χ4v) is 5.48. The number of carbonyl (C=O) groups excluding carboxylic acids is 1. The zero-order valence-electron chi connectivity index (χ0n) is 18.0. The SMILES string of the molecule is O=C(c1ccc(Br)s1)N(Cc1cccc(-c2ccc3ncnc(NC4CC4)c3c2)c1)C1CC1. The smallest absolute Gasteiger partial charge is 0.264 e. The van der Waals surface area contributed by atoms with E-state index in [1.807, 2.05) is 17.0 Å². The highest BCUT2D eigenvalue weighted by Gasteiger charge is 2.33. The molecule has 2 aromatic carbocycles. The first kappa shape index (κ1) is 20.8. The number of rotatable bonds is 7. The first-order chi connectivity index (χ1) is 16.1. The van der Waals surface area contributed by atoms with Crippen molar-refractivity contribution in [2.45, 2.75) is 44.3 Å². The lowest BCUT2D eigenvalue weighted by molar-refractivity contribution is 0.0735. The van der Waals surface area contributed by atoms with Gasteiger partial charge in [-0.1, -0.05) is 24.3 Å². The van der Waals surface area contributed by atoms with Gasteiger partial charge in [0.1, 0.15) is 12.1 Å². The summed E-state index contributed by atoms with van der Waals surface area (Å²) in [5.74, 6) is 1.03. The highest BCUT2D eigenvalue weighted by Crippen LogP contribution is 2.34. The number of aromatic nitrogens is 2. The predicted octanol–water partition coefficient (Wildman–Crippen LogP) is 6.50. The van der Waals surface area contributed by atoms with Gasteiger partial charge in [0.05, 0.1) is 14.2 Å². The number of hydrogen-bond donors (Lipinski definition) is 1. The topological polar surface area (TPSA) is 58.1 Å². The van der Waals surface area contributed by atoms with Gasteiger partial charge in [0, 0.05) is 24.0 Å². The number of amides is 1. The molecule has 0 bridgehead atoms. The van der Waals surface area contributed by atoms with Crippen LogP contribution in [0.2, 0.25) is 0 Å². The second kappa shape index (κ2) is 8.54. The van der Waals surface area contributed by atoms with Gasteiger partial charge in [0.15, 0.2) is 0 Å². The van der Waals surface area contributed by atoms with Crippen LogP contribution in [-0.2, 0) is 6.54 Å². The first-order valence-corrected chi connectivity index (χ1v) is 12.9. The summed E-state index contributed by atoms with van der Waals surface area (Å²) in [5, 5.41) is 4.57. The third-order valence-corrected chi connectivity index (χ3v) is 7.81. The van der Waals surface area contributed by atoms with Crippen LogP contribution in [0.25, 0.3) is 22.0 Å². The van der Waals surface area contributed by atoms with Crippen LogP contribution < -0.4 is 5.32 Å². The Morgan fingerprint density at radius 3 is 2.64 bits per heavy atom. The Morgan fingerprint density at radius 1 is 1.03 bits per heavy atom. The number of halogens is 1. The van der Waals surface area contributed by atoms with Crippen molar-refractivity contribution in [1.29, 1.82) is 0 Å². The average Bonchev–Trinajstić information content (AvgIpc) is 3.77. The first-order valence-electron chi connectivity index (χ1n) is 11.3. The molecule has 0 unspecified atom stereocenters. The van der Waals surface area contributed by atoms with Gasteiger partial charge < -0.3 is 10.2 Å². The van der Waals surface area contributed by atoms with Gasteiger partial charge in [0.25, 0.3) is 5.91 Å². The van der Waals surface area contributed by atoms with E-state index in [2.05, 4.69) is 73.7 Å². The molecule has 1 N–H and O–H groups in total. The monoisotopic (exact) mass is 518 g/mol. The minimum Gasteiger partial charge on any atom is -0.367 e. The molecular weight excluding hydrogens is 496 g/mol. The van der Waals surface area contributed by atoms with Crippen LogP contribution in [0, 0.1) is 0 Å². The molecule has 2 aromatic heterocycles. The summed E-state index contributed by atoms with van der Waals surface area (Å²) in [6, 6.07) is 19.6. The fourth-order valence-electron chi connectivity index (χ4n) is 4.14. The highest BCUT2D eigenvalue weighted by molar-refractivity contribution is 9.11. The van der Waals surface area contributed by atoms with Crippen LogP contribution in [-0.4, -0.2) is 32.9 Å². The Labute approximate surface area is 205 Å². The van der Waals surface area contributed by atoms with Crippen LogP contribution in [0.4, 0.5) is 5.82 Å². The normalized spacial score (nSPS) is 15.5. The molecule has 0 atom stereocenters. The van der Waals surface area contributed by atoms with Crippen molar-refractivity contribution < 1.29 is 4.79 Å². The molecule has 4 aromatic rings. The minimum atomic E-state index is 0.122. The Balaban J connectivity index is 1.29. The molecule has 7 heteroatoms. The minimum absolute atomic E-state index is 0.122. The molecule has 2 saturated carbocycles. The quantitative estimate of drug-likeness (QED) is 0.303. The predicted molar refractivity (Wildman–Crippen MR) is 137 cm³/mol. The van der Waals surface area contributed by atoms with Crippen LogP contribution >= 0.6 is 27.3 Å². The summed E-state index contributed by atoms with van der Waals surface area (Å²) in [6.45, 7) is 0.623. The lowest BCUT2D eigenvalue weighted by Crippen LogP contribution is -2.32. The van der Waals surface area contributed by atoms with Gasteiger partial charge in [-0.05, 0) is 88.6 Å². The van der Waals surface area contributed by atoms with Crippen molar-refractivity contribution in [2.24, 2.45) is 0 Å². The van der Waals surface area contributed by atoms with E-state index in [0.29, 0.717) is 18.6 Å². The summed E-state index contributed by atoms with van der Waals surface area (Å²) in [6.07, 6.45) is 6.19. The number of benzene rings is 2. The summed E-state index contributed by atoms with van der Waals surface area (Å²) < 4.78 is 0.986. The Morgan fingerprint density at radius 2 is 1.88 bits per heavy atom. The second-order valence-electron chi connectivity index (χ2n) is 8.84. The van der Waals surface area contributed by atoms with Crippen molar-refractivity contribution in [3.63, 3.8) is 0 Å². The van der Waals surface area contributed by atoms with E-state index in [9.17, 15) is 4.79 Å². The molecular formula is C26H23BrN4OS. The Hall–Kier alpha value is -2.77. The molecule has 0 spiro atoms. The molecule has 33 heavy (non-hydrogen) atoms. The zero-order valence-corrected chi connectivity index (χ0v) is 20.4. The van der Waals surface area contributed by atoms with Crippen molar-refractivity contribution in [3.8, 4) is 11.1 Å². The van der Waals surface area contributed by atoms with E-state index in [1.165, 1.54) is 24.2 Å². The maximum Gasteiger partial charge on any atom is 0.264 e. The maximum absolute atomic E-state index is 13.2. The van der Waals surface area contributed by atoms with E-state index in [0.717, 1.165) is 54.9 Å². The summed E-state index contributed by atoms with van der Waals surface area (Å²) >= 11 is 4.98. The third-order valence-electron chi connectivity index (χ3n) is 6.20. The Bertz CT molecular complexity index is 1350. The standard InChI is InChI=1S/C26H23BrN4OS/c27-24-11-10-23(33-24)26(32)31(20-7-8-20)14-16-2-1-3-17(12-16)18-4-9-22-21(13-18)25(29-15-28-22)30-19-5-6-19/h1-4,9-13,15,19-20H,5-8,14H2,(H,28,29,30). The number of nitrogens with one attached hydrogen (secondary N) is 1. The summed E-state index contributed by atoms with van der Waals surface area (Å²) in [5.41, 5.74) is 4.35. The molecule has 5 nitrogen and oxygen atoms in total. The van der Waals surface area contributed by atoms with Crippen molar-refractivity contribution in [3.05, 3.63) is 75.2 Å². The van der Waals surface area contributed by atoms with Gasteiger partial charge in [-0.15, -0.1) is 11.3 Å². The molecule has 166 valence electrons. The molecule has 2 heterocycles. The van der Waals surface area contributed by atoms with Gasteiger partial charge in [-0.25, -0.2) is 9.97 Å². The molecule has 2 aliphatic carbocycles. The van der Waals surface area contributed by atoms with Gasteiger partial charge >= 0.3 is 0 Å². The van der Waals surface area contributed by atoms with Crippen molar-refractivity contribution in [1.82, 2.24) is 14.9 Å². The largest absolute Gasteiger partial charge is 0.367 e. The Kier molecular flexibility index (Phi) is 5.38. The second-order valence-corrected chi connectivity index (χ2v) is 11.3. The van der Waals surface area contributed by atoms with E-state index < -0.39 is 0 Å². The van der Waals surface area contributed by atoms with Crippen LogP contribution in [0.3, 0.4) is 0 Å². The highest BCUT2D eigenvalue weighted by atomic mass is 79.9. The van der Waals surface area contributed by atoms with Crippen molar-refractivity contribution >= 4 is 49.9 Å². The van der Waals surface area contributed by atoms with E-state index in [4.69, 9.17) is 0 Å². The van der Waals surface area contributed by atoms with Crippen LogP contribution in [0.1, 0.15) is 40.9 Å². The number of fused-ring (bicyclic) bond motifs is 1. The van der Waals surface area contributed by atoms with Gasteiger partial charge in [-0.2, -0.15) is 0 Å². The lowest BCUT2D eigenvalue weighted by atomic mass is 10.0. The molecule has 0 aliphatic heterocycles. The van der Waals surface area contributed by atoms with Gasteiger partial charge in [0.2, 0.25) is 0 Å². The van der Waals surface area contributed by atoms with E-state index >= 15 is 0 Å². The number of thiophene rings is 1.